The number of halogens is 1. The van der Waals surface area contributed by atoms with Crippen LogP contribution in [0.1, 0.15) is 13.3 Å². The number of methoxy groups -OCH3 is 2. The van der Waals surface area contributed by atoms with Gasteiger partial charge in [-0.3, -0.25) is 0 Å². The van der Waals surface area contributed by atoms with Crippen molar-refractivity contribution < 1.29 is 23.0 Å². The third kappa shape index (κ3) is 5.44. The van der Waals surface area contributed by atoms with Gasteiger partial charge in [-0.25, -0.2) is 13.1 Å². The average Bonchev–Trinajstić information content (AvgIpc) is 2.43. The molecular formula is C13H20ClNO5S. The van der Waals surface area contributed by atoms with Gasteiger partial charge < -0.3 is 14.6 Å². The van der Waals surface area contributed by atoms with Gasteiger partial charge in [0.25, 0.3) is 0 Å². The normalized spacial score (nSPS) is 14.7. The number of nitrogens with one attached hydrogen (secondary N) is 1. The molecule has 0 saturated carbocycles. The molecule has 0 aliphatic rings. The van der Waals surface area contributed by atoms with Gasteiger partial charge in [-0.15, -0.1) is 0 Å². The van der Waals surface area contributed by atoms with Crippen LogP contribution in [0.2, 0.25) is 5.02 Å². The Morgan fingerprint density at radius 2 is 2.05 bits per heavy atom. The summed E-state index contributed by atoms with van der Waals surface area (Å²) in [7, 11) is -0.798. The van der Waals surface area contributed by atoms with E-state index in [-0.39, 0.29) is 16.5 Å². The molecule has 0 aliphatic heterocycles. The highest BCUT2D eigenvalue weighted by Gasteiger charge is 2.24. The molecule has 1 atom stereocenters. The molecule has 1 unspecified atom stereocenters. The van der Waals surface area contributed by atoms with Gasteiger partial charge in [0.2, 0.25) is 10.0 Å². The van der Waals surface area contributed by atoms with E-state index in [1.165, 1.54) is 39.3 Å². The summed E-state index contributed by atoms with van der Waals surface area (Å²) < 4.78 is 36.5. The van der Waals surface area contributed by atoms with E-state index in [2.05, 4.69) is 4.72 Å². The molecule has 0 amide bonds. The number of ether oxygens (including phenoxy) is 2. The summed E-state index contributed by atoms with van der Waals surface area (Å²) in [4.78, 5) is 0.0100. The first-order valence-electron chi connectivity index (χ1n) is 6.26. The third-order valence-corrected chi connectivity index (χ3v) is 4.62. The molecule has 0 heterocycles. The van der Waals surface area contributed by atoms with Gasteiger partial charge >= 0.3 is 0 Å². The van der Waals surface area contributed by atoms with Crippen LogP contribution in [0.15, 0.2) is 23.1 Å². The molecule has 1 aromatic rings. The van der Waals surface area contributed by atoms with E-state index < -0.39 is 15.6 Å². The maximum Gasteiger partial charge on any atom is 0.240 e. The van der Waals surface area contributed by atoms with Gasteiger partial charge in [0, 0.05) is 26.7 Å². The number of aliphatic hydroxyl groups is 1. The maximum absolute atomic E-state index is 12.2. The van der Waals surface area contributed by atoms with Crippen LogP contribution >= 0.6 is 11.6 Å². The molecule has 0 bridgehead atoms. The monoisotopic (exact) mass is 337 g/mol. The van der Waals surface area contributed by atoms with E-state index in [4.69, 9.17) is 21.1 Å². The fourth-order valence-electron chi connectivity index (χ4n) is 1.56. The Balaban J connectivity index is 2.80. The highest BCUT2D eigenvalue weighted by molar-refractivity contribution is 7.89. The summed E-state index contributed by atoms with van der Waals surface area (Å²) in [5, 5.41) is 10.2. The lowest BCUT2D eigenvalue weighted by atomic mass is 10.0. The van der Waals surface area contributed by atoms with Crippen molar-refractivity contribution in [3.05, 3.63) is 23.2 Å². The third-order valence-electron chi connectivity index (χ3n) is 2.92. The zero-order valence-corrected chi connectivity index (χ0v) is 13.8. The lowest BCUT2D eigenvalue weighted by Crippen LogP contribution is -2.41. The lowest BCUT2D eigenvalue weighted by molar-refractivity contribution is 0.0292. The Kier molecular flexibility index (Phi) is 6.42. The smallest absolute Gasteiger partial charge is 0.240 e. The molecule has 0 spiro atoms. The fourth-order valence-corrected chi connectivity index (χ4v) is 3.07. The summed E-state index contributed by atoms with van der Waals surface area (Å²) in [5.41, 5.74) is -1.20. The van der Waals surface area contributed by atoms with Gasteiger partial charge in [-0.05, 0) is 25.1 Å². The fraction of sp³-hybridized carbons (Fsp3) is 0.538. The minimum atomic E-state index is -3.76. The van der Waals surface area contributed by atoms with Crippen LogP contribution in [0.25, 0.3) is 0 Å². The number of benzene rings is 1. The van der Waals surface area contributed by atoms with Gasteiger partial charge in [0.15, 0.2) is 0 Å². The van der Waals surface area contributed by atoms with E-state index in [1.54, 1.807) is 0 Å². The van der Waals surface area contributed by atoms with Crippen LogP contribution in [-0.2, 0) is 14.8 Å². The van der Waals surface area contributed by atoms with Gasteiger partial charge in [-0.1, -0.05) is 11.6 Å². The maximum atomic E-state index is 12.2. The molecule has 2 N–H and O–H groups in total. The number of hydrogen-bond acceptors (Lipinski definition) is 5. The summed E-state index contributed by atoms with van der Waals surface area (Å²) >= 11 is 5.91. The van der Waals surface area contributed by atoms with E-state index in [0.717, 1.165) is 0 Å². The van der Waals surface area contributed by atoms with Crippen LogP contribution in [0.3, 0.4) is 0 Å². The number of hydrogen-bond donors (Lipinski definition) is 2. The second-order valence-corrected chi connectivity index (χ2v) is 7.03. The van der Waals surface area contributed by atoms with Crippen molar-refractivity contribution in [1.82, 2.24) is 4.72 Å². The quantitative estimate of drug-likeness (QED) is 0.749. The average molecular weight is 338 g/mol. The van der Waals surface area contributed by atoms with E-state index in [1.807, 2.05) is 0 Å². The van der Waals surface area contributed by atoms with Crippen LogP contribution in [0, 0.1) is 0 Å². The summed E-state index contributed by atoms with van der Waals surface area (Å²) in [6.45, 7) is 1.75. The van der Waals surface area contributed by atoms with Gasteiger partial charge in [-0.2, -0.15) is 0 Å². The molecular weight excluding hydrogens is 318 g/mol. The SMILES string of the molecule is COCCC(C)(O)CNS(=O)(=O)c1ccc(OC)c(Cl)c1. The van der Waals surface area contributed by atoms with Crippen LogP contribution in [0.4, 0.5) is 0 Å². The first-order valence-corrected chi connectivity index (χ1v) is 8.12. The van der Waals surface area contributed by atoms with E-state index >= 15 is 0 Å². The molecule has 8 heteroatoms. The Morgan fingerprint density at radius 3 is 2.57 bits per heavy atom. The summed E-state index contributed by atoms with van der Waals surface area (Å²) in [6.07, 6.45) is 0.315. The second-order valence-electron chi connectivity index (χ2n) is 4.86. The predicted octanol–water partition coefficient (Wildman–Crippen LogP) is 1.41. The molecule has 0 saturated heterocycles. The lowest BCUT2D eigenvalue weighted by Gasteiger charge is -2.23. The number of rotatable bonds is 8. The Morgan fingerprint density at radius 1 is 1.38 bits per heavy atom. The highest BCUT2D eigenvalue weighted by atomic mass is 35.5. The topological polar surface area (TPSA) is 84.9 Å². The molecule has 0 fully saturated rings. The van der Waals surface area contributed by atoms with Gasteiger partial charge in [0.1, 0.15) is 5.75 Å². The second kappa shape index (κ2) is 7.42. The van der Waals surface area contributed by atoms with E-state index in [0.29, 0.717) is 18.8 Å². The minimum Gasteiger partial charge on any atom is -0.495 e. The van der Waals surface area contributed by atoms with E-state index in [9.17, 15) is 13.5 Å². The molecule has 21 heavy (non-hydrogen) atoms. The van der Waals surface area contributed by atoms with Gasteiger partial charge in [0.05, 0.1) is 22.6 Å². The van der Waals surface area contributed by atoms with Crippen molar-refractivity contribution in [3.8, 4) is 5.75 Å². The number of sulfonamides is 1. The Bertz CT molecular complexity index is 574. The molecule has 1 rings (SSSR count). The molecule has 0 aromatic heterocycles. The molecule has 6 nitrogen and oxygen atoms in total. The zero-order valence-electron chi connectivity index (χ0n) is 12.2. The first kappa shape index (κ1) is 18.2. The summed E-state index contributed by atoms with van der Waals surface area (Å²) in [5.74, 6) is 0.391. The van der Waals surface area contributed by atoms with Crippen molar-refractivity contribution in [2.75, 3.05) is 27.4 Å². The summed E-state index contributed by atoms with van der Waals surface area (Å²) in [6, 6.07) is 4.16. The molecule has 0 radical (unpaired) electrons. The van der Waals surface area contributed by atoms with Crippen molar-refractivity contribution in [1.29, 1.82) is 0 Å². The van der Waals surface area contributed by atoms with Crippen LogP contribution < -0.4 is 9.46 Å². The predicted molar refractivity (Wildman–Crippen MR) is 80.3 cm³/mol. The molecule has 1 aromatic carbocycles. The van der Waals surface area contributed by atoms with Crippen molar-refractivity contribution in [2.45, 2.75) is 23.8 Å². The largest absolute Gasteiger partial charge is 0.495 e. The van der Waals surface area contributed by atoms with Crippen molar-refractivity contribution >= 4 is 21.6 Å². The van der Waals surface area contributed by atoms with Crippen molar-refractivity contribution in [3.63, 3.8) is 0 Å². The molecule has 120 valence electrons. The Labute approximate surface area is 130 Å². The Hall–Kier alpha value is -0.860. The van der Waals surface area contributed by atoms with Crippen molar-refractivity contribution in [2.24, 2.45) is 0 Å². The van der Waals surface area contributed by atoms with Crippen LogP contribution in [0.5, 0.6) is 5.75 Å². The molecule has 0 aliphatic carbocycles. The standard InChI is InChI=1S/C13H20ClNO5S/c1-13(16,6-7-19-2)9-15-21(17,18)10-4-5-12(20-3)11(14)8-10/h4-5,8,15-16H,6-7,9H2,1-3H3. The minimum absolute atomic E-state index is 0.0100. The first-order chi connectivity index (χ1) is 9.72. The zero-order chi connectivity index (χ0) is 16.1. The van der Waals surface area contributed by atoms with Crippen LogP contribution in [-0.4, -0.2) is 46.5 Å². The highest BCUT2D eigenvalue weighted by Crippen LogP contribution is 2.26.